The van der Waals surface area contributed by atoms with Gasteiger partial charge in [0.1, 0.15) is 0 Å². The van der Waals surface area contributed by atoms with E-state index < -0.39 is 0 Å². The van der Waals surface area contributed by atoms with E-state index in [4.69, 9.17) is 0 Å². The van der Waals surface area contributed by atoms with E-state index in [-0.39, 0.29) is 0 Å². The van der Waals surface area contributed by atoms with Gasteiger partial charge in [0.2, 0.25) is 0 Å². The van der Waals surface area contributed by atoms with Crippen LogP contribution < -0.4 is 5.32 Å². The Morgan fingerprint density at radius 1 is 1.29 bits per heavy atom. The molecule has 2 fully saturated rings. The summed E-state index contributed by atoms with van der Waals surface area (Å²) in [4.78, 5) is 0. The molecule has 0 radical (unpaired) electrons. The predicted octanol–water partition coefficient (Wildman–Crippen LogP) is 3.27. The summed E-state index contributed by atoms with van der Waals surface area (Å²) in [7, 11) is 0. The third-order valence-corrected chi connectivity index (χ3v) is 3.76. The van der Waals surface area contributed by atoms with Crippen LogP contribution in [0.2, 0.25) is 0 Å². The molecule has 0 aromatic carbocycles. The van der Waals surface area contributed by atoms with Gasteiger partial charge in [-0.2, -0.15) is 0 Å². The summed E-state index contributed by atoms with van der Waals surface area (Å²) in [6.45, 7) is 3.51. The van der Waals surface area contributed by atoms with Crippen LogP contribution in [0, 0.1) is 5.92 Å². The fourth-order valence-electron chi connectivity index (χ4n) is 3.09. The molecular weight excluding hydrogens is 170 g/mol. The molecule has 2 aliphatic rings. The van der Waals surface area contributed by atoms with E-state index >= 15 is 0 Å². The minimum atomic E-state index is 0.809. The molecule has 2 atom stereocenters. The van der Waals surface area contributed by atoms with E-state index in [0.29, 0.717) is 0 Å². The Morgan fingerprint density at radius 3 is 2.93 bits per heavy atom. The third kappa shape index (κ3) is 2.20. The van der Waals surface area contributed by atoms with Crippen molar-refractivity contribution in [2.75, 3.05) is 6.54 Å². The van der Waals surface area contributed by atoms with Gasteiger partial charge < -0.3 is 5.32 Å². The first kappa shape index (κ1) is 10.2. The Bertz CT molecular complexity index is 201. The van der Waals surface area contributed by atoms with Crippen LogP contribution in [0.5, 0.6) is 0 Å². The highest BCUT2D eigenvalue weighted by Gasteiger charge is 2.29. The largest absolute Gasteiger partial charge is 0.313 e. The fraction of sp³-hybridized carbons (Fsp3) is 0.846. The molecule has 2 unspecified atom stereocenters. The Balaban J connectivity index is 1.97. The third-order valence-electron chi connectivity index (χ3n) is 3.76. The summed E-state index contributed by atoms with van der Waals surface area (Å²) >= 11 is 0. The van der Waals surface area contributed by atoms with Gasteiger partial charge >= 0.3 is 0 Å². The highest BCUT2D eigenvalue weighted by molar-refractivity contribution is 5.14. The number of rotatable bonds is 2. The first-order chi connectivity index (χ1) is 6.92. The van der Waals surface area contributed by atoms with Gasteiger partial charge in [0.25, 0.3) is 0 Å². The zero-order chi connectivity index (χ0) is 9.80. The standard InChI is InChI=1S/C13H23N/c1-2-6-11-7-5-8-12(11)13-9-3-4-10-14-13/h6,12-14H,2-5,7-10H2,1H3/b11-6-. The minimum Gasteiger partial charge on any atom is -0.313 e. The van der Waals surface area contributed by atoms with Gasteiger partial charge in [0.05, 0.1) is 0 Å². The number of piperidine rings is 1. The highest BCUT2D eigenvalue weighted by Crippen LogP contribution is 2.36. The first-order valence-corrected chi connectivity index (χ1v) is 6.34. The van der Waals surface area contributed by atoms with Crippen LogP contribution in [0.25, 0.3) is 0 Å². The molecular formula is C13H23N. The second-order valence-electron chi connectivity index (χ2n) is 4.74. The van der Waals surface area contributed by atoms with Crippen LogP contribution in [0.4, 0.5) is 0 Å². The summed E-state index contributed by atoms with van der Waals surface area (Å²) in [6.07, 6.45) is 12.2. The van der Waals surface area contributed by atoms with E-state index in [9.17, 15) is 0 Å². The lowest BCUT2D eigenvalue weighted by Gasteiger charge is -2.29. The fourth-order valence-corrected chi connectivity index (χ4v) is 3.09. The number of allylic oxidation sites excluding steroid dienone is 1. The Hall–Kier alpha value is -0.300. The maximum absolute atomic E-state index is 3.71. The summed E-state index contributed by atoms with van der Waals surface area (Å²) in [5.41, 5.74) is 1.76. The van der Waals surface area contributed by atoms with Gasteiger partial charge in [0, 0.05) is 6.04 Å². The maximum Gasteiger partial charge on any atom is 0.0132 e. The van der Waals surface area contributed by atoms with Crippen LogP contribution in [0.15, 0.2) is 11.6 Å². The number of hydrogen-bond acceptors (Lipinski definition) is 1. The quantitative estimate of drug-likeness (QED) is 0.664. The Labute approximate surface area is 88.0 Å². The van der Waals surface area contributed by atoms with Gasteiger partial charge in [-0.05, 0) is 51.0 Å². The van der Waals surface area contributed by atoms with Gasteiger partial charge in [-0.25, -0.2) is 0 Å². The van der Waals surface area contributed by atoms with Crippen LogP contribution in [0.3, 0.4) is 0 Å². The molecule has 1 heterocycles. The molecule has 1 saturated heterocycles. The monoisotopic (exact) mass is 193 g/mol. The minimum absolute atomic E-state index is 0.809. The second kappa shape index (κ2) is 4.97. The zero-order valence-corrected chi connectivity index (χ0v) is 9.39. The molecule has 0 aromatic heterocycles. The van der Waals surface area contributed by atoms with Crippen molar-refractivity contribution in [2.45, 2.75) is 57.9 Å². The number of nitrogens with one attached hydrogen (secondary N) is 1. The molecule has 0 aromatic rings. The molecule has 1 aliphatic heterocycles. The summed E-state index contributed by atoms with van der Waals surface area (Å²) in [5.74, 6) is 0.884. The van der Waals surface area contributed by atoms with Crippen molar-refractivity contribution in [3.8, 4) is 0 Å². The van der Waals surface area contributed by atoms with Gasteiger partial charge in [-0.1, -0.05) is 25.0 Å². The molecule has 1 aliphatic carbocycles. The lowest BCUT2D eigenvalue weighted by Crippen LogP contribution is -2.39. The molecule has 1 nitrogen and oxygen atoms in total. The lowest BCUT2D eigenvalue weighted by molar-refractivity contribution is 0.326. The predicted molar refractivity (Wildman–Crippen MR) is 61.4 cm³/mol. The van der Waals surface area contributed by atoms with Gasteiger partial charge in [-0.15, -0.1) is 0 Å². The van der Waals surface area contributed by atoms with Gasteiger partial charge in [-0.3, -0.25) is 0 Å². The van der Waals surface area contributed by atoms with Crippen molar-refractivity contribution in [3.05, 3.63) is 11.6 Å². The molecule has 0 spiro atoms. The Kier molecular flexibility index (Phi) is 3.63. The van der Waals surface area contributed by atoms with E-state index in [1.807, 2.05) is 0 Å². The van der Waals surface area contributed by atoms with E-state index in [0.717, 1.165) is 12.0 Å². The van der Waals surface area contributed by atoms with Crippen molar-refractivity contribution in [3.63, 3.8) is 0 Å². The Morgan fingerprint density at radius 2 is 2.21 bits per heavy atom. The highest BCUT2D eigenvalue weighted by atomic mass is 14.9. The number of hydrogen-bond donors (Lipinski definition) is 1. The van der Waals surface area contributed by atoms with Crippen LogP contribution in [0.1, 0.15) is 51.9 Å². The normalized spacial score (nSPS) is 36.5. The van der Waals surface area contributed by atoms with Crippen LogP contribution in [-0.2, 0) is 0 Å². The van der Waals surface area contributed by atoms with Crippen LogP contribution >= 0.6 is 0 Å². The van der Waals surface area contributed by atoms with Crippen LogP contribution in [-0.4, -0.2) is 12.6 Å². The molecule has 1 heteroatoms. The smallest absolute Gasteiger partial charge is 0.0132 e. The average molecular weight is 193 g/mol. The molecule has 0 amide bonds. The SMILES string of the molecule is CC/C=C1/CCCC1C1CCCCN1. The van der Waals surface area contributed by atoms with Crippen molar-refractivity contribution in [2.24, 2.45) is 5.92 Å². The van der Waals surface area contributed by atoms with E-state index in [1.165, 1.54) is 51.5 Å². The molecule has 1 saturated carbocycles. The molecule has 14 heavy (non-hydrogen) atoms. The van der Waals surface area contributed by atoms with Crippen molar-refractivity contribution in [1.29, 1.82) is 0 Å². The molecule has 2 rings (SSSR count). The van der Waals surface area contributed by atoms with Crippen molar-refractivity contribution >= 4 is 0 Å². The average Bonchev–Trinajstić information content (AvgIpc) is 2.68. The van der Waals surface area contributed by atoms with Crippen molar-refractivity contribution < 1.29 is 0 Å². The molecule has 1 N–H and O–H groups in total. The topological polar surface area (TPSA) is 12.0 Å². The molecule has 0 bridgehead atoms. The zero-order valence-electron chi connectivity index (χ0n) is 9.39. The summed E-state index contributed by atoms with van der Waals surface area (Å²) in [6, 6.07) is 0.809. The maximum atomic E-state index is 3.71. The first-order valence-electron chi connectivity index (χ1n) is 6.34. The van der Waals surface area contributed by atoms with Gasteiger partial charge in [0.15, 0.2) is 0 Å². The summed E-state index contributed by atoms with van der Waals surface area (Å²) in [5, 5.41) is 3.71. The van der Waals surface area contributed by atoms with E-state index in [2.05, 4.69) is 18.3 Å². The van der Waals surface area contributed by atoms with E-state index in [1.54, 1.807) is 5.57 Å². The van der Waals surface area contributed by atoms with Crippen molar-refractivity contribution in [1.82, 2.24) is 5.32 Å². The second-order valence-corrected chi connectivity index (χ2v) is 4.74. The molecule has 80 valence electrons. The summed E-state index contributed by atoms with van der Waals surface area (Å²) < 4.78 is 0. The lowest BCUT2D eigenvalue weighted by atomic mass is 9.88.